The van der Waals surface area contributed by atoms with Gasteiger partial charge in [-0.2, -0.15) is 0 Å². The number of hydrogen-bond acceptors (Lipinski definition) is 2. The number of rotatable bonds is 7. The number of anilines is 1. The monoisotopic (exact) mass is 359 g/mol. The Labute approximate surface area is 159 Å². The van der Waals surface area contributed by atoms with E-state index in [1.807, 2.05) is 47.8 Å². The molecule has 0 saturated heterocycles. The number of benzene rings is 3. The van der Waals surface area contributed by atoms with E-state index in [0.717, 1.165) is 11.1 Å². The van der Waals surface area contributed by atoms with E-state index in [2.05, 4.69) is 29.6 Å². The van der Waals surface area contributed by atoms with Crippen LogP contribution in [-0.4, -0.2) is 18.2 Å². The van der Waals surface area contributed by atoms with Crippen molar-refractivity contribution in [2.75, 3.05) is 11.9 Å². The maximum atomic E-state index is 12.5. The van der Waals surface area contributed by atoms with Gasteiger partial charge in [-0.1, -0.05) is 72.8 Å². The van der Waals surface area contributed by atoms with Gasteiger partial charge in [0.25, 0.3) is 5.91 Å². The fourth-order valence-electron chi connectivity index (χ4n) is 3.11. The molecule has 0 unspecified atom stereocenters. The lowest BCUT2D eigenvalue weighted by Crippen LogP contribution is -2.87. The normalized spacial score (nSPS) is 10.6. The molecule has 3 aromatic rings. The van der Waals surface area contributed by atoms with Crippen LogP contribution in [0.15, 0.2) is 84.9 Å². The predicted molar refractivity (Wildman–Crippen MR) is 107 cm³/mol. The van der Waals surface area contributed by atoms with E-state index in [9.17, 15) is 9.59 Å². The Morgan fingerprint density at radius 3 is 1.89 bits per heavy atom. The Morgan fingerprint density at radius 2 is 1.33 bits per heavy atom. The van der Waals surface area contributed by atoms with Crippen molar-refractivity contribution >= 4 is 17.4 Å². The number of para-hydroxylation sites is 1. The Hall–Kier alpha value is -3.24. The molecule has 0 saturated carbocycles. The van der Waals surface area contributed by atoms with E-state index >= 15 is 0 Å². The molecule has 1 amide bonds. The van der Waals surface area contributed by atoms with Crippen molar-refractivity contribution in [1.82, 2.24) is 0 Å². The summed E-state index contributed by atoms with van der Waals surface area (Å²) in [6.45, 7) is 1.75. The quantitative estimate of drug-likeness (QED) is 0.637. The van der Waals surface area contributed by atoms with Crippen molar-refractivity contribution in [3.8, 4) is 0 Å². The third-order valence-corrected chi connectivity index (χ3v) is 4.44. The molecule has 0 radical (unpaired) electrons. The van der Waals surface area contributed by atoms with Crippen LogP contribution in [-0.2, 0) is 4.79 Å². The number of carbonyl (C=O) groups excluding carboxylic acids is 2. The highest BCUT2D eigenvalue weighted by Crippen LogP contribution is 2.18. The van der Waals surface area contributed by atoms with Crippen LogP contribution in [0.5, 0.6) is 0 Å². The second kappa shape index (κ2) is 8.92. The van der Waals surface area contributed by atoms with E-state index < -0.39 is 0 Å². The second-order valence-corrected chi connectivity index (χ2v) is 6.39. The van der Waals surface area contributed by atoms with Crippen LogP contribution in [0, 0.1) is 0 Å². The second-order valence-electron chi connectivity index (χ2n) is 6.39. The number of nitrogens with two attached hydrogens (primary N) is 1. The number of ketones is 1. The SMILES string of the molecule is CC(=O)c1ccccc1NC(=O)C[NH2+]C(c1ccccc1)c1ccccc1. The van der Waals surface area contributed by atoms with Gasteiger partial charge >= 0.3 is 0 Å². The molecule has 0 fully saturated rings. The summed E-state index contributed by atoms with van der Waals surface area (Å²) < 4.78 is 0. The van der Waals surface area contributed by atoms with Gasteiger partial charge < -0.3 is 10.6 Å². The van der Waals surface area contributed by atoms with E-state index in [4.69, 9.17) is 0 Å². The average molecular weight is 359 g/mol. The molecule has 0 spiro atoms. The number of quaternary nitrogens is 1. The zero-order valence-corrected chi connectivity index (χ0v) is 15.3. The molecule has 0 aliphatic heterocycles. The molecule has 3 aromatic carbocycles. The van der Waals surface area contributed by atoms with E-state index in [-0.39, 0.29) is 24.3 Å². The highest BCUT2D eigenvalue weighted by atomic mass is 16.2. The van der Waals surface area contributed by atoms with Crippen molar-refractivity contribution in [3.05, 3.63) is 102 Å². The predicted octanol–water partition coefficient (Wildman–Crippen LogP) is 3.18. The summed E-state index contributed by atoms with van der Waals surface area (Å²) in [6.07, 6.45) is 0. The molecule has 136 valence electrons. The molecule has 3 rings (SSSR count). The van der Waals surface area contributed by atoms with Crippen LogP contribution in [0.1, 0.15) is 34.5 Å². The first-order chi connectivity index (χ1) is 13.1. The van der Waals surface area contributed by atoms with Gasteiger partial charge in [-0.15, -0.1) is 0 Å². The van der Waals surface area contributed by atoms with Crippen LogP contribution in [0.2, 0.25) is 0 Å². The highest BCUT2D eigenvalue weighted by Gasteiger charge is 2.19. The lowest BCUT2D eigenvalue weighted by Gasteiger charge is -2.17. The molecular formula is C23H23N2O2+. The van der Waals surface area contributed by atoms with Crippen molar-refractivity contribution in [3.63, 3.8) is 0 Å². The zero-order chi connectivity index (χ0) is 19.1. The molecule has 27 heavy (non-hydrogen) atoms. The lowest BCUT2D eigenvalue weighted by atomic mass is 9.99. The summed E-state index contributed by atoms with van der Waals surface area (Å²) in [5.41, 5.74) is 3.36. The molecule has 0 aromatic heterocycles. The minimum atomic E-state index is -0.138. The fraction of sp³-hybridized carbons (Fsp3) is 0.130. The number of hydrogen-bond donors (Lipinski definition) is 2. The first-order valence-electron chi connectivity index (χ1n) is 8.98. The Morgan fingerprint density at radius 1 is 0.815 bits per heavy atom. The van der Waals surface area contributed by atoms with Gasteiger partial charge in [0.1, 0.15) is 6.04 Å². The Bertz CT molecular complexity index is 868. The van der Waals surface area contributed by atoms with Crippen LogP contribution in [0.25, 0.3) is 0 Å². The molecular weight excluding hydrogens is 336 g/mol. The standard InChI is InChI=1S/C23H22N2O2/c1-17(26)20-14-8-9-15-21(20)25-22(27)16-24-23(18-10-4-2-5-11-18)19-12-6-3-7-13-19/h2-15,23-24H,16H2,1H3,(H,25,27)/p+1. The van der Waals surface area contributed by atoms with Gasteiger partial charge in [0.15, 0.2) is 12.3 Å². The van der Waals surface area contributed by atoms with Gasteiger partial charge in [0, 0.05) is 16.7 Å². The smallest absolute Gasteiger partial charge is 0.279 e. The fourth-order valence-corrected chi connectivity index (χ4v) is 3.11. The topological polar surface area (TPSA) is 62.8 Å². The summed E-state index contributed by atoms with van der Waals surface area (Å²) in [6, 6.07) is 27.3. The van der Waals surface area contributed by atoms with Crippen LogP contribution < -0.4 is 10.6 Å². The summed E-state index contributed by atoms with van der Waals surface area (Å²) in [5.74, 6) is -0.207. The number of carbonyl (C=O) groups is 2. The van der Waals surface area contributed by atoms with Crippen molar-refractivity contribution < 1.29 is 14.9 Å². The van der Waals surface area contributed by atoms with Gasteiger partial charge in [0.05, 0.1) is 5.69 Å². The molecule has 0 bridgehead atoms. The van der Waals surface area contributed by atoms with Gasteiger partial charge in [-0.3, -0.25) is 9.59 Å². The van der Waals surface area contributed by atoms with Crippen molar-refractivity contribution in [2.24, 2.45) is 0 Å². The van der Waals surface area contributed by atoms with Gasteiger partial charge in [-0.25, -0.2) is 0 Å². The first-order valence-corrected chi connectivity index (χ1v) is 8.98. The number of nitrogens with one attached hydrogen (secondary N) is 1. The maximum Gasteiger partial charge on any atom is 0.279 e. The lowest BCUT2D eigenvalue weighted by molar-refractivity contribution is -0.676. The molecule has 4 heteroatoms. The van der Waals surface area contributed by atoms with Crippen LogP contribution in [0.3, 0.4) is 0 Å². The summed E-state index contributed by atoms with van der Waals surface area (Å²) in [5, 5.41) is 4.87. The highest BCUT2D eigenvalue weighted by molar-refractivity contribution is 6.03. The molecule has 0 heterocycles. The Balaban J connectivity index is 1.73. The van der Waals surface area contributed by atoms with E-state index in [0.29, 0.717) is 11.3 Å². The van der Waals surface area contributed by atoms with Crippen LogP contribution in [0.4, 0.5) is 5.69 Å². The largest absolute Gasteiger partial charge is 0.328 e. The number of amides is 1. The molecule has 0 aliphatic rings. The van der Waals surface area contributed by atoms with E-state index in [1.165, 1.54) is 6.92 Å². The third kappa shape index (κ3) is 4.90. The maximum absolute atomic E-state index is 12.5. The van der Waals surface area contributed by atoms with Gasteiger partial charge in [-0.05, 0) is 19.1 Å². The number of Topliss-reactive ketones (excluding diaryl/α,β-unsaturated/α-hetero) is 1. The summed E-state index contributed by atoms with van der Waals surface area (Å²) >= 11 is 0. The van der Waals surface area contributed by atoms with Crippen molar-refractivity contribution in [2.45, 2.75) is 13.0 Å². The Kier molecular flexibility index (Phi) is 6.13. The minimum Gasteiger partial charge on any atom is -0.328 e. The molecule has 3 N–H and O–H groups in total. The average Bonchev–Trinajstić information content (AvgIpc) is 2.70. The molecule has 0 aliphatic carbocycles. The van der Waals surface area contributed by atoms with E-state index in [1.54, 1.807) is 18.2 Å². The molecule has 4 nitrogen and oxygen atoms in total. The molecule has 0 atom stereocenters. The third-order valence-electron chi connectivity index (χ3n) is 4.44. The first kappa shape index (κ1) is 18.5. The van der Waals surface area contributed by atoms with Crippen molar-refractivity contribution in [1.29, 1.82) is 0 Å². The zero-order valence-electron chi connectivity index (χ0n) is 15.3. The van der Waals surface area contributed by atoms with Gasteiger partial charge in [0.2, 0.25) is 0 Å². The minimum absolute atomic E-state index is 0.0289. The van der Waals surface area contributed by atoms with Crippen LogP contribution >= 0.6 is 0 Å². The summed E-state index contributed by atoms with van der Waals surface area (Å²) in [4.78, 5) is 24.2. The summed E-state index contributed by atoms with van der Waals surface area (Å²) in [7, 11) is 0.